The summed E-state index contributed by atoms with van der Waals surface area (Å²) in [5.41, 5.74) is 0.820. The Labute approximate surface area is 128 Å². The number of rotatable bonds is 3. The molecule has 2 amide bonds. The molecular weight excluding hydrogens is 290 g/mol. The van der Waals surface area contributed by atoms with E-state index in [0.717, 1.165) is 25.1 Å². The van der Waals surface area contributed by atoms with E-state index in [1.54, 1.807) is 17.0 Å². The molecule has 3 rings (SSSR count). The molecule has 0 spiro atoms. The Balaban J connectivity index is 1.63. The van der Waals surface area contributed by atoms with Crippen molar-refractivity contribution < 1.29 is 9.59 Å². The summed E-state index contributed by atoms with van der Waals surface area (Å²) in [6.45, 7) is 1.48. The van der Waals surface area contributed by atoms with E-state index in [2.05, 4.69) is 10.6 Å². The Bertz CT molecular complexity index is 540. The molecule has 2 heterocycles. The molecule has 0 radical (unpaired) electrons. The highest BCUT2D eigenvalue weighted by Gasteiger charge is 2.35. The largest absolute Gasteiger partial charge is 0.343 e. The molecule has 2 fully saturated rings. The van der Waals surface area contributed by atoms with Crippen LogP contribution in [-0.4, -0.2) is 37.0 Å². The van der Waals surface area contributed by atoms with Crippen molar-refractivity contribution in [2.45, 2.75) is 31.3 Å². The summed E-state index contributed by atoms with van der Waals surface area (Å²) in [6.07, 6.45) is 2.49. The average molecular weight is 308 g/mol. The van der Waals surface area contributed by atoms with Crippen LogP contribution >= 0.6 is 11.6 Å². The number of carbonyl (C=O) groups is 2. The number of nitrogens with zero attached hydrogens (tertiary/aromatic N) is 1. The fraction of sp³-hybridized carbons (Fsp3) is 0.467. The molecule has 1 aromatic rings. The van der Waals surface area contributed by atoms with Gasteiger partial charge in [-0.25, -0.2) is 0 Å². The summed E-state index contributed by atoms with van der Waals surface area (Å²) in [6, 6.07) is 6.60. The van der Waals surface area contributed by atoms with Crippen LogP contribution in [0.4, 0.5) is 5.69 Å². The van der Waals surface area contributed by atoms with Crippen LogP contribution in [0.25, 0.3) is 0 Å². The molecule has 2 unspecified atom stereocenters. The van der Waals surface area contributed by atoms with Crippen molar-refractivity contribution in [3.63, 3.8) is 0 Å². The fourth-order valence-corrected chi connectivity index (χ4v) is 3.00. The quantitative estimate of drug-likeness (QED) is 0.885. The van der Waals surface area contributed by atoms with Gasteiger partial charge in [0.2, 0.25) is 11.8 Å². The molecule has 2 atom stereocenters. The Kier molecular flexibility index (Phi) is 4.12. The minimum absolute atomic E-state index is 0.0522. The molecule has 0 aliphatic carbocycles. The van der Waals surface area contributed by atoms with Gasteiger partial charge in [0.1, 0.15) is 6.04 Å². The predicted octanol–water partition coefficient (Wildman–Crippen LogP) is 1.31. The van der Waals surface area contributed by atoms with Gasteiger partial charge in [-0.05, 0) is 50.1 Å². The number of hydrogen-bond acceptors (Lipinski definition) is 3. The SMILES string of the molecule is O=C(NC1CCN(c2ccc(Cl)cc2)C1=O)C1CCCN1. The molecule has 1 aromatic carbocycles. The maximum atomic E-state index is 12.4. The van der Waals surface area contributed by atoms with Crippen LogP contribution < -0.4 is 15.5 Å². The molecular formula is C15H18ClN3O2. The Morgan fingerprint density at radius 2 is 2.05 bits per heavy atom. The lowest BCUT2D eigenvalue weighted by Gasteiger charge is -2.18. The summed E-state index contributed by atoms with van der Waals surface area (Å²) < 4.78 is 0. The number of halogens is 1. The molecule has 2 aliphatic rings. The third kappa shape index (κ3) is 3.04. The lowest BCUT2D eigenvalue weighted by molar-refractivity contribution is -0.127. The number of anilines is 1. The molecule has 2 aliphatic heterocycles. The number of amides is 2. The van der Waals surface area contributed by atoms with E-state index < -0.39 is 6.04 Å². The van der Waals surface area contributed by atoms with Crippen molar-refractivity contribution in [2.75, 3.05) is 18.0 Å². The topological polar surface area (TPSA) is 61.4 Å². The van der Waals surface area contributed by atoms with Gasteiger partial charge in [-0.1, -0.05) is 11.6 Å². The second-order valence-electron chi connectivity index (χ2n) is 5.47. The number of hydrogen-bond donors (Lipinski definition) is 2. The molecule has 21 heavy (non-hydrogen) atoms. The Morgan fingerprint density at radius 1 is 1.29 bits per heavy atom. The van der Waals surface area contributed by atoms with Crippen LogP contribution in [0.5, 0.6) is 0 Å². The van der Waals surface area contributed by atoms with Crippen molar-refractivity contribution in [1.82, 2.24) is 10.6 Å². The average Bonchev–Trinajstić information content (AvgIpc) is 3.11. The number of carbonyl (C=O) groups excluding carboxylic acids is 2. The zero-order chi connectivity index (χ0) is 14.8. The standard InChI is InChI=1S/C15H18ClN3O2/c16-10-3-5-11(6-4-10)19-9-7-13(15(19)21)18-14(20)12-2-1-8-17-12/h3-6,12-13,17H,1-2,7-9H2,(H,18,20). The second kappa shape index (κ2) is 6.03. The minimum Gasteiger partial charge on any atom is -0.343 e. The third-order valence-corrected chi connectivity index (χ3v) is 4.29. The van der Waals surface area contributed by atoms with E-state index in [1.165, 1.54) is 0 Å². The van der Waals surface area contributed by atoms with E-state index >= 15 is 0 Å². The fourth-order valence-electron chi connectivity index (χ4n) is 2.87. The Hall–Kier alpha value is -1.59. The molecule has 2 saturated heterocycles. The molecule has 112 valence electrons. The predicted molar refractivity (Wildman–Crippen MR) is 81.4 cm³/mol. The summed E-state index contributed by atoms with van der Waals surface area (Å²) in [4.78, 5) is 26.2. The van der Waals surface area contributed by atoms with Gasteiger partial charge in [0.05, 0.1) is 6.04 Å². The van der Waals surface area contributed by atoms with Crippen LogP contribution in [0.2, 0.25) is 5.02 Å². The summed E-state index contributed by atoms with van der Waals surface area (Å²) >= 11 is 5.86. The van der Waals surface area contributed by atoms with Gasteiger partial charge in [0, 0.05) is 17.3 Å². The zero-order valence-electron chi connectivity index (χ0n) is 11.6. The highest BCUT2D eigenvalue weighted by molar-refractivity contribution is 6.30. The van der Waals surface area contributed by atoms with Crippen LogP contribution in [0.1, 0.15) is 19.3 Å². The van der Waals surface area contributed by atoms with Crippen molar-refractivity contribution in [2.24, 2.45) is 0 Å². The van der Waals surface area contributed by atoms with Crippen molar-refractivity contribution in [3.8, 4) is 0 Å². The van der Waals surface area contributed by atoms with Gasteiger partial charge >= 0.3 is 0 Å². The molecule has 0 saturated carbocycles. The first kappa shape index (κ1) is 14.4. The lowest BCUT2D eigenvalue weighted by Crippen LogP contribution is -2.48. The highest BCUT2D eigenvalue weighted by atomic mass is 35.5. The first-order valence-electron chi connectivity index (χ1n) is 7.26. The number of benzene rings is 1. The van der Waals surface area contributed by atoms with Gasteiger partial charge in [0.25, 0.3) is 0 Å². The van der Waals surface area contributed by atoms with Crippen LogP contribution in [0, 0.1) is 0 Å². The summed E-state index contributed by atoms with van der Waals surface area (Å²) in [5, 5.41) is 6.65. The maximum absolute atomic E-state index is 12.4. The maximum Gasteiger partial charge on any atom is 0.249 e. The third-order valence-electron chi connectivity index (χ3n) is 4.04. The monoisotopic (exact) mass is 307 g/mol. The molecule has 5 nitrogen and oxygen atoms in total. The highest BCUT2D eigenvalue weighted by Crippen LogP contribution is 2.23. The zero-order valence-corrected chi connectivity index (χ0v) is 12.4. The van der Waals surface area contributed by atoms with Crippen molar-refractivity contribution in [1.29, 1.82) is 0 Å². The minimum atomic E-state index is -0.421. The second-order valence-corrected chi connectivity index (χ2v) is 5.90. The van der Waals surface area contributed by atoms with Crippen molar-refractivity contribution >= 4 is 29.1 Å². The van der Waals surface area contributed by atoms with E-state index in [1.807, 2.05) is 12.1 Å². The van der Waals surface area contributed by atoms with Gasteiger partial charge in [-0.15, -0.1) is 0 Å². The Morgan fingerprint density at radius 3 is 2.71 bits per heavy atom. The molecule has 0 bridgehead atoms. The van der Waals surface area contributed by atoms with E-state index in [4.69, 9.17) is 11.6 Å². The normalized spacial score (nSPS) is 25.4. The summed E-state index contributed by atoms with van der Waals surface area (Å²) in [5.74, 6) is -0.118. The van der Waals surface area contributed by atoms with E-state index in [0.29, 0.717) is 18.0 Å². The first-order valence-corrected chi connectivity index (χ1v) is 7.63. The molecule has 0 aromatic heterocycles. The van der Waals surface area contributed by atoms with E-state index in [9.17, 15) is 9.59 Å². The van der Waals surface area contributed by atoms with Crippen LogP contribution in [0.3, 0.4) is 0 Å². The molecule has 2 N–H and O–H groups in total. The van der Waals surface area contributed by atoms with Crippen molar-refractivity contribution in [3.05, 3.63) is 29.3 Å². The summed E-state index contributed by atoms with van der Waals surface area (Å²) in [7, 11) is 0. The number of nitrogens with one attached hydrogen (secondary N) is 2. The lowest BCUT2D eigenvalue weighted by atomic mass is 10.2. The van der Waals surface area contributed by atoms with Gasteiger partial charge in [-0.2, -0.15) is 0 Å². The van der Waals surface area contributed by atoms with Gasteiger partial charge in [0.15, 0.2) is 0 Å². The van der Waals surface area contributed by atoms with E-state index in [-0.39, 0.29) is 17.9 Å². The molecule has 6 heteroatoms. The van der Waals surface area contributed by atoms with Gasteiger partial charge in [-0.3, -0.25) is 9.59 Å². The van der Waals surface area contributed by atoms with Gasteiger partial charge < -0.3 is 15.5 Å². The van der Waals surface area contributed by atoms with Crippen LogP contribution in [0.15, 0.2) is 24.3 Å². The smallest absolute Gasteiger partial charge is 0.249 e. The van der Waals surface area contributed by atoms with Crippen LogP contribution in [-0.2, 0) is 9.59 Å². The first-order chi connectivity index (χ1) is 10.1.